The number of likely N-dealkylation sites (tertiary alicyclic amines) is 1. The van der Waals surface area contributed by atoms with Crippen LogP contribution in [0.2, 0.25) is 0 Å². The van der Waals surface area contributed by atoms with E-state index in [2.05, 4.69) is 31.1 Å². The number of fused-ring (bicyclic) bond motifs is 1. The first-order chi connectivity index (χ1) is 13.4. The normalized spacial score (nSPS) is 31.9. The number of nitriles is 1. The van der Waals surface area contributed by atoms with Gasteiger partial charge < -0.3 is 9.73 Å². The molecule has 5 rings (SSSR count). The molecule has 5 nitrogen and oxygen atoms in total. The number of hydrogen-bond acceptors (Lipinski definition) is 5. The first kappa shape index (κ1) is 18.3. The van der Waals surface area contributed by atoms with Crippen molar-refractivity contribution in [3.05, 3.63) is 22.5 Å². The van der Waals surface area contributed by atoms with Gasteiger partial charge in [0.25, 0.3) is 5.92 Å². The molecular formula is C20H21BrF2N4O. The van der Waals surface area contributed by atoms with Crippen LogP contribution in [0.1, 0.15) is 44.3 Å². The van der Waals surface area contributed by atoms with Crippen molar-refractivity contribution in [2.75, 3.05) is 18.4 Å². The quantitative estimate of drug-likeness (QED) is 0.718. The van der Waals surface area contributed by atoms with E-state index in [0.29, 0.717) is 30.6 Å². The molecule has 148 valence electrons. The first-order valence-corrected chi connectivity index (χ1v) is 10.6. The Kier molecular flexibility index (Phi) is 4.18. The molecule has 2 aromatic rings. The molecule has 1 atom stereocenters. The van der Waals surface area contributed by atoms with Gasteiger partial charge in [0.15, 0.2) is 5.58 Å². The second-order valence-corrected chi connectivity index (χ2v) is 9.25. The fraction of sp³-hybridized carbons (Fsp3) is 0.600. The van der Waals surface area contributed by atoms with Crippen LogP contribution in [0.15, 0.2) is 21.2 Å². The van der Waals surface area contributed by atoms with Gasteiger partial charge in [-0.05, 0) is 54.6 Å². The highest BCUT2D eigenvalue weighted by Crippen LogP contribution is 2.65. The largest absolute Gasteiger partial charge is 0.444 e. The van der Waals surface area contributed by atoms with Crippen LogP contribution in [0.5, 0.6) is 0 Å². The Balaban J connectivity index is 1.21. The minimum atomic E-state index is -2.43. The maximum atomic E-state index is 13.6. The molecule has 0 amide bonds. The molecule has 1 unspecified atom stereocenters. The van der Waals surface area contributed by atoms with Crippen LogP contribution >= 0.6 is 15.9 Å². The van der Waals surface area contributed by atoms with Crippen LogP contribution in [0, 0.1) is 16.7 Å². The highest BCUT2D eigenvalue weighted by molar-refractivity contribution is 9.10. The molecule has 2 saturated carbocycles. The Morgan fingerprint density at radius 3 is 2.71 bits per heavy atom. The lowest BCUT2D eigenvalue weighted by molar-refractivity contribution is 0.0623. The average Bonchev–Trinajstić information content (AvgIpc) is 3.05. The van der Waals surface area contributed by atoms with E-state index in [1.165, 1.54) is 0 Å². The van der Waals surface area contributed by atoms with Crippen molar-refractivity contribution in [3.63, 3.8) is 0 Å². The molecule has 3 fully saturated rings. The van der Waals surface area contributed by atoms with E-state index >= 15 is 0 Å². The van der Waals surface area contributed by atoms with Crippen LogP contribution in [-0.4, -0.2) is 41.0 Å². The molecule has 1 saturated heterocycles. The highest BCUT2D eigenvalue weighted by Gasteiger charge is 2.72. The van der Waals surface area contributed by atoms with E-state index in [1.807, 2.05) is 6.07 Å². The third kappa shape index (κ3) is 2.91. The van der Waals surface area contributed by atoms with E-state index in [4.69, 9.17) is 9.68 Å². The summed E-state index contributed by atoms with van der Waals surface area (Å²) in [5.74, 6) is -1.42. The Morgan fingerprint density at radius 1 is 1.32 bits per heavy atom. The lowest BCUT2D eigenvalue weighted by Crippen LogP contribution is -2.39. The van der Waals surface area contributed by atoms with Gasteiger partial charge in [-0.25, -0.2) is 13.8 Å². The number of nitrogens with one attached hydrogen (secondary N) is 1. The number of rotatable bonds is 3. The Bertz CT molecular complexity index is 963. The summed E-state index contributed by atoms with van der Waals surface area (Å²) in [7, 11) is 0. The predicted molar refractivity (Wildman–Crippen MR) is 104 cm³/mol. The van der Waals surface area contributed by atoms with Gasteiger partial charge in [-0.3, -0.25) is 4.90 Å². The predicted octanol–water partition coefficient (Wildman–Crippen LogP) is 4.92. The number of hydrogen-bond donors (Lipinski definition) is 1. The summed E-state index contributed by atoms with van der Waals surface area (Å²) in [5.41, 5.74) is -0.128. The fourth-order valence-corrected chi connectivity index (χ4v) is 5.48. The number of anilines is 1. The summed E-state index contributed by atoms with van der Waals surface area (Å²) in [6.45, 7) is 1.37. The zero-order valence-corrected chi connectivity index (χ0v) is 16.9. The summed E-state index contributed by atoms with van der Waals surface area (Å²) in [6, 6.07) is 4.43. The van der Waals surface area contributed by atoms with Crippen LogP contribution < -0.4 is 5.32 Å². The van der Waals surface area contributed by atoms with Gasteiger partial charge in [0, 0.05) is 36.5 Å². The molecule has 3 aliphatic rings. The summed E-state index contributed by atoms with van der Waals surface area (Å²) >= 11 is 3.57. The average molecular weight is 451 g/mol. The van der Waals surface area contributed by atoms with Crippen molar-refractivity contribution in [1.82, 2.24) is 9.88 Å². The van der Waals surface area contributed by atoms with Crippen LogP contribution in [-0.2, 0) is 0 Å². The van der Waals surface area contributed by atoms with Gasteiger partial charge in [-0.2, -0.15) is 5.26 Å². The van der Waals surface area contributed by atoms with Crippen molar-refractivity contribution >= 4 is 32.7 Å². The number of nitrogens with zero attached hydrogens (tertiary/aromatic N) is 3. The zero-order chi connectivity index (χ0) is 19.5. The second kappa shape index (κ2) is 6.39. The molecule has 2 aromatic heterocycles. The zero-order valence-electron chi connectivity index (χ0n) is 15.4. The summed E-state index contributed by atoms with van der Waals surface area (Å²) in [6.07, 6.45) is 6.37. The lowest BCUT2D eigenvalue weighted by atomic mass is 9.90. The van der Waals surface area contributed by atoms with Crippen molar-refractivity contribution in [3.8, 4) is 6.07 Å². The minimum absolute atomic E-state index is 0.0805. The first-order valence-electron chi connectivity index (χ1n) is 9.77. The van der Waals surface area contributed by atoms with Gasteiger partial charge in [0.2, 0.25) is 5.76 Å². The smallest absolute Gasteiger partial charge is 0.255 e. The van der Waals surface area contributed by atoms with Gasteiger partial charge in [-0.1, -0.05) is 0 Å². The van der Waals surface area contributed by atoms with Crippen molar-refractivity contribution in [1.29, 1.82) is 5.26 Å². The SMILES string of the molecule is N#Cc1cc2c(Br)c(NC3CCC(N4CCC5(C4)CC5(F)F)CC3)ncc2o1. The van der Waals surface area contributed by atoms with Crippen molar-refractivity contribution in [2.45, 2.75) is 56.5 Å². The van der Waals surface area contributed by atoms with Gasteiger partial charge >= 0.3 is 0 Å². The highest BCUT2D eigenvalue weighted by atomic mass is 79.9. The third-order valence-electron chi connectivity index (χ3n) is 6.77. The molecule has 3 heterocycles. The molecule has 1 N–H and O–H groups in total. The lowest BCUT2D eigenvalue weighted by Gasteiger charge is -2.35. The van der Waals surface area contributed by atoms with Crippen LogP contribution in [0.4, 0.5) is 14.6 Å². The van der Waals surface area contributed by atoms with Gasteiger partial charge in [0.05, 0.1) is 16.1 Å². The molecule has 8 heteroatoms. The molecule has 28 heavy (non-hydrogen) atoms. The monoisotopic (exact) mass is 450 g/mol. The minimum Gasteiger partial charge on any atom is -0.444 e. The number of aromatic nitrogens is 1. The Hall–Kier alpha value is -1.72. The summed E-state index contributed by atoms with van der Waals surface area (Å²) in [4.78, 5) is 6.73. The molecule has 0 bridgehead atoms. The van der Waals surface area contributed by atoms with E-state index < -0.39 is 11.3 Å². The third-order valence-corrected chi connectivity index (χ3v) is 7.58. The van der Waals surface area contributed by atoms with Crippen LogP contribution in [0.3, 0.4) is 0 Å². The fourth-order valence-electron chi connectivity index (χ4n) is 4.95. The number of halogens is 3. The maximum absolute atomic E-state index is 13.6. The molecule has 0 aromatic carbocycles. The molecule has 1 spiro atoms. The van der Waals surface area contributed by atoms with E-state index in [0.717, 1.165) is 47.9 Å². The topological polar surface area (TPSA) is 65.1 Å². The molecule has 1 aliphatic heterocycles. The van der Waals surface area contributed by atoms with Gasteiger partial charge in [-0.15, -0.1) is 0 Å². The van der Waals surface area contributed by atoms with E-state index in [-0.39, 0.29) is 12.2 Å². The van der Waals surface area contributed by atoms with E-state index in [9.17, 15) is 8.78 Å². The maximum Gasteiger partial charge on any atom is 0.255 e. The molecule has 0 radical (unpaired) electrons. The summed E-state index contributed by atoms with van der Waals surface area (Å²) < 4.78 is 33.5. The molecule has 2 aliphatic carbocycles. The van der Waals surface area contributed by atoms with Gasteiger partial charge in [0.1, 0.15) is 11.9 Å². The number of furan rings is 1. The van der Waals surface area contributed by atoms with E-state index in [1.54, 1.807) is 12.3 Å². The molecular weight excluding hydrogens is 430 g/mol. The van der Waals surface area contributed by atoms with Crippen molar-refractivity contribution < 1.29 is 13.2 Å². The summed E-state index contributed by atoms with van der Waals surface area (Å²) in [5, 5.41) is 13.3. The second-order valence-electron chi connectivity index (χ2n) is 8.45. The van der Waals surface area contributed by atoms with Crippen molar-refractivity contribution in [2.24, 2.45) is 5.41 Å². The Morgan fingerprint density at radius 2 is 2.07 bits per heavy atom. The standard InChI is InChI=1S/C20H21BrF2N4O/c21-17-15-7-14(8-24)28-16(15)9-25-18(17)26-12-1-3-13(4-2-12)27-6-5-19(11-27)10-20(19,22)23/h7,9,12-13H,1-6,10-11H2,(H,25,26). The Labute approximate surface area is 170 Å². The number of pyridine rings is 1. The van der Waals surface area contributed by atoms with Crippen LogP contribution in [0.25, 0.3) is 11.0 Å². The number of alkyl halides is 2.